The summed E-state index contributed by atoms with van der Waals surface area (Å²) in [6, 6.07) is 11.6. The van der Waals surface area contributed by atoms with Crippen molar-refractivity contribution in [3.63, 3.8) is 0 Å². The van der Waals surface area contributed by atoms with Crippen LogP contribution in [0, 0.1) is 0 Å². The first-order valence-electron chi connectivity index (χ1n) is 6.59. The Morgan fingerprint density at radius 3 is 2.43 bits per heavy atom. The Labute approximate surface area is 122 Å². The third kappa shape index (κ3) is 2.81. The molecule has 1 atom stereocenters. The summed E-state index contributed by atoms with van der Waals surface area (Å²) in [5.74, 6) is -1.64. The van der Waals surface area contributed by atoms with Crippen LogP contribution >= 0.6 is 0 Å². The third-order valence-corrected chi connectivity index (χ3v) is 3.28. The summed E-state index contributed by atoms with van der Waals surface area (Å²) < 4.78 is 10.2. The number of rotatable bonds is 6. The molecule has 0 amide bonds. The summed E-state index contributed by atoms with van der Waals surface area (Å²) >= 11 is 0. The molecule has 0 radical (unpaired) electrons. The fraction of sp³-hybridized carbons (Fsp3) is 0.250. The van der Waals surface area contributed by atoms with Gasteiger partial charge in [0, 0.05) is 6.42 Å². The number of ether oxygens (including phenoxy) is 1. The Morgan fingerprint density at radius 1 is 1.19 bits per heavy atom. The zero-order valence-electron chi connectivity index (χ0n) is 11.6. The lowest BCUT2D eigenvalue weighted by Crippen LogP contribution is -2.47. The van der Waals surface area contributed by atoms with Gasteiger partial charge in [-0.2, -0.15) is 0 Å². The van der Waals surface area contributed by atoms with Gasteiger partial charge in [0.15, 0.2) is 5.41 Å². The molecule has 1 heterocycles. The first kappa shape index (κ1) is 14.8. The molecule has 2 aromatic rings. The minimum Gasteiger partial charge on any atom is -0.480 e. The normalized spacial score (nSPS) is 13.4. The maximum Gasteiger partial charge on any atom is 0.328 e. The van der Waals surface area contributed by atoms with Gasteiger partial charge in [0.1, 0.15) is 5.76 Å². The molecular weight excluding hydrogens is 272 g/mol. The van der Waals surface area contributed by atoms with E-state index in [0.717, 1.165) is 0 Å². The molecule has 0 fully saturated rings. The molecule has 0 spiro atoms. The molecule has 0 aliphatic carbocycles. The van der Waals surface area contributed by atoms with Crippen LogP contribution in [-0.2, 0) is 26.2 Å². The Balaban J connectivity index is 2.54. The highest BCUT2D eigenvalue weighted by Crippen LogP contribution is 2.31. The summed E-state index contributed by atoms with van der Waals surface area (Å²) in [5, 5.41) is 9.73. The van der Waals surface area contributed by atoms with E-state index in [1.165, 1.54) is 6.26 Å². The molecule has 1 unspecified atom stereocenters. The summed E-state index contributed by atoms with van der Waals surface area (Å²) in [5.41, 5.74) is -1.44. The smallest absolute Gasteiger partial charge is 0.328 e. The zero-order valence-corrected chi connectivity index (χ0v) is 11.6. The van der Waals surface area contributed by atoms with Crippen molar-refractivity contribution in [3.05, 3.63) is 60.1 Å². The van der Waals surface area contributed by atoms with Crippen LogP contribution in [0.1, 0.15) is 18.2 Å². The Kier molecular flexibility index (Phi) is 4.42. The minimum atomic E-state index is -1.81. The lowest BCUT2D eigenvalue weighted by Gasteiger charge is -2.26. The molecule has 5 nitrogen and oxygen atoms in total. The first-order valence-corrected chi connectivity index (χ1v) is 6.59. The molecule has 2 rings (SSSR count). The molecule has 1 aromatic carbocycles. The van der Waals surface area contributed by atoms with Crippen LogP contribution in [0.2, 0.25) is 0 Å². The molecule has 110 valence electrons. The molecular formula is C16H16O5. The van der Waals surface area contributed by atoms with E-state index in [0.29, 0.717) is 11.3 Å². The first-order chi connectivity index (χ1) is 10.1. The molecule has 0 aliphatic rings. The molecule has 1 N–H and O–H groups in total. The zero-order chi connectivity index (χ0) is 15.3. The standard InChI is InChI=1S/C16H16O5/c1-2-20-15(19)16(14(17)18,11-13-9-6-10-21-13)12-7-4-3-5-8-12/h3-10H,2,11H2,1H3,(H,17,18). The number of hydrogen-bond acceptors (Lipinski definition) is 4. The second-order valence-corrected chi connectivity index (χ2v) is 4.55. The number of carboxylic acid groups (broad SMARTS) is 1. The Morgan fingerprint density at radius 2 is 1.90 bits per heavy atom. The van der Waals surface area contributed by atoms with Crippen LogP contribution in [0.25, 0.3) is 0 Å². The second-order valence-electron chi connectivity index (χ2n) is 4.55. The van der Waals surface area contributed by atoms with Gasteiger partial charge in [0.2, 0.25) is 0 Å². The maximum absolute atomic E-state index is 12.4. The van der Waals surface area contributed by atoms with Crippen molar-refractivity contribution in [2.45, 2.75) is 18.8 Å². The second kappa shape index (κ2) is 6.26. The topological polar surface area (TPSA) is 76.7 Å². The lowest BCUT2D eigenvalue weighted by atomic mass is 9.76. The predicted molar refractivity (Wildman–Crippen MR) is 74.8 cm³/mol. The van der Waals surface area contributed by atoms with E-state index in [2.05, 4.69) is 0 Å². The van der Waals surface area contributed by atoms with Crippen LogP contribution in [0.15, 0.2) is 53.1 Å². The average molecular weight is 288 g/mol. The van der Waals surface area contributed by atoms with Crippen LogP contribution in [0.5, 0.6) is 0 Å². The number of carbonyl (C=O) groups excluding carboxylic acids is 1. The van der Waals surface area contributed by atoms with E-state index in [1.54, 1.807) is 49.4 Å². The maximum atomic E-state index is 12.4. The molecule has 0 aliphatic heterocycles. The molecule has 1 aromatic heterocycles. The number of carboxylic acids is 1. The van der Waals surface area contributed by atoms with Gasteiger partial charge >= 0.3 is 11.9 Å². The highest BCUT2D eigenvalue weighted by molar-refractivity contribution is 6.05. The monoisotopic (exact) mass is 288 g/mol. The predicted octanol–water partition coefficient (Wildman–Crippen LogP) is 2.41. The van der Waals surface area contributed by atoms with E-state index in [-0.39, 0.29) is 13.0 Å². The van der Waals surface area contributed by atoms with Crippen molar-refractivity contribution in [2.24, 2.45) is 0 Å². The third-order valence-electron chi connectivity index (χ3n) is 3.28. The van der Waals surface area contributed by atoms with Crippen LogP contribution in [-0.4, -0.2) is 23.7 Å². The van der Waals surface area contributed by atoms with Gasteiger partial charge in [0.05, 0.1) is 12.9 Å². The van der Waals surface area contributed by atoms with Crippen LogP contribution in [0.3, 0.4) is 0 Å². The van der Waals surface area contributed by atoms with Gasteiger partial charge in [-0.15, -0.1) is 0 Å². The van der Waals surface area contributed by atoms with Gasteiger partial charge in [-0.3, -0.25) is 9.59 Å². The number of aliphatic carboxylic acids is 1. The summed E-state index contributed by atoms with van der Waals surface area (Å²) in [6.07, 6.45) is 1.34. The Bertz CT molecular complexity index is 603. The molecule has 0 saturated carbocycles. The summed E-state index contributed by atoms with van der Waals surface area (Å²) in [4.78, 5) is 24.3. The largest absolute Gasteiger partial charge is 0.480 e. The molecule has 0 bridgehead atoms. The number of furan rings is 1. The van der Waals surface area contributed by atoms with Crippen molar-refractivity contribution >= 4 is 11.9 Å². The molecule has 0 saturated heterocycles. The van der Waals surface area contributed by atoms with Gasteiger partial charge in [-0.25, -0.2) is 0 Å². The van der Waals surface area contributed by atoms with Crippen molar-refractivity contribution in [1.82, 2.24) is 0 Å². The van der Waals surface area contributed by atoms with Crippen LogP contribution < -0.4 is 0 Å². The van der Waals surface area contributed by atoms with Gasteiger partial charge < -0.3 is 14.3 Å². The quantitative estimate of drug-likeness (QED) is 0.652. The summed E-state index contributed by atoms with van der Waals surface area (Å²) in [7, 11) is 0. The van der Waals surface area contributed by atoms with Crippen molar-refractivity contribution < 1.29 is 23.8 Å². The average Bonchev–Trinajstić information content (AvgIpc) is 2.98. The van der Waals surface area contributed by atoms with E-state index in [4.69, 9.17) is 9.15 Å². The fourth-order valence-corrected chi connectivity index (χ4v) is 2.23. The summed E-state index contributed by atoms with van der Waals surface area (Å²) in [6.45, 7) is 1.75. The number of esters is 1. The van der Waals surface area contributed by atoms with E-state index < -0.39 is 17.4 Å². The van der Waals surface area contributed by atoms with Crippen molar-refractivity contribution in [2.75, 3.05) is 6.61 Å². The highest BCUT2D eigenvalue weighted by atomic mass is 16.5. The van der Waals surface area contributed by atoms with Gasteiger partial charge in [0.25, 0.3) is 0 Å². The lowest BCUT2D eigenvalue weighted by molar-refractivity contribution is -0.161. The SMILES string of the molecule is CCOC(=O)C(Cc1ccco1)(C(=O)O)c1ccccc1. The molecule has 21 heavy (non-hydrogen) atoms. The molecule has 5 heteroatoms. The number of hydrogen-bond donors (Lipinski definition) is 1. The van der Waals surface area contributed by atoms with Crippen molar-refractivity contribution in [1.29, 1.82) is 0 Å². The van der Waals surface area contributed by atoms with E-state index in [9.17, 15) is 14.7 Å². The van der Waals surface area contributed by atoms with E-state index in [1.807, 2.05) is 0 Å². The van der Waals surface area contributed by atoms with Crippen molar-refractivity contribution in [3.8, 4) is 0 Å². The van der Waals surface area contributed by atoms with Crippen LogP contribution in [0.4, 0.5) is 0 Å². The minimum absolute atomic E-state index is 0.0990. The van der Waals surface area contributed by atoms with E-state index >= 15 is 0 Å². The highest BCUT2D eigenvalue weighted by Gasteiger charge is 2.50. The van der Waals surface area contributed by atoms with Gasteiger partial charge in [-0.1, -0.05) is 30.3 Å². The Hall–Kier alpha value is -2.56. The fourth-order valence-electron chi connectivity index (χ4n) is 2.23. The number of benzene rings is 1. The number of carbonyl (C=O) groups is 2. The van der Waals surface area contributed by atoms with Gasteiger partial charge in [-0.05, 0) is 24.6 Å².